The van der Waals surface area contributed by atoms with Crippen LogP contribution in [0.2, 0.25) is 0 Å². The Balaban J connectivity index is 2.05. The van der Waals surface area contributed by atoms with Gasteiger partial charge in [0.1, 0.15) is 5.82 Å². The second-order valence-electron chi connectivity index (χ2n) is 4.64. The molecule has 2 heterocycles. The van der Waals surface area contributed by atoms with Crippen LogP contribution in [0.4, 0.5) is 10.3 Å². The molecule has 1 aliphatic rings. The van der Waals surface area contributed by atoms with E-state index in [2.05, 4.69) is 15.3 Å². The van der Waals surface area contributed by atoms with Crippen molar-refractivity contribution in [3.05, 3.63) is 34.4 Å². The first-order valence-corrected chi connectivity index (χ1v) is 6.39. The zero-order valence-electron chi connectivity index (χ0n) is 10.4. The smallest absolute Gasteiger partial charge is 0.260 e. The first kappa shape index (κ1) is 12.1. The minimum absolute atomic E-state index is 0.289. The van der Waals surface area contributed by atoms with E-state index in [0.29, 0.717) is 11.5 Å². The number of nitrogens with zero attached hydrogens (tertiary/aromatic N) is 2. The second-order valence-corrected chi connectivity index (χ2v) is 4.64. The lowest BCUT2D eigenvalue weighted by Crippen LogP contribution is -2.31. The highest BCUT2D eigenvalue weighted by atomic mass is 19.1. The summed E-state index contributed by atoms with van der Waals surface area (Å²) in [6.45, 7) is 3.49. The molecular weight excluding hydrogens is 247 g/mol. The quantitative estimate of drug-likeness (QED) is 0.800. The molecule has 1 aromatic carbocycles. The zero-order chi connectivity index (χ0) is 13.2. The number of aromatic amines is 1. The van der Waals surface area contributed by atoms with Crippen LogP contribution in [0.5, 0.6) is 0 Å². The van der Waals surface area contributed by atoms with E-state index >= 15 is 0 Å². The highest BCUT2D eigenvalue weighted by Crippen LogP contribution is 2.13. The van der Waals surface area contributed by atoms with Crippen molar-refractivity contribution in [3.8, 4) is 0 Å². The van der Waals surface area contributed by atoms with Crippen molar-refractivity contribution < 1.29 is 4.39 Å². The molecule has 0 atom stereocenters. The Hall–Kier alpha value is -1.95. The highest BCUT2D eigenvalue weighted by molar-refractivity contribution is 5.78. The molecule has 0 amide bonds. The van der Waals surface area contributed by atoms with Gasteiger partial charge in [0.15, 0.2) is 0 Å². The standard InChI is InChI=1S/C13H15FN4O/c14-9-2-3-11-10(8-9)12(19)17-13(16-11)18-6-1-4-15-5-7-18/h2-3,8,15H,1,4-7H2,(H,16,17,19). The molecule has 3 rings (SSSR count). The molecule has 0 spiro atoms. The second kappa shape index (κ2) is 4.97. The number of halogens is 1. The number of rotatable bonds is 1. The van der Waals surface area contributed by atoms with E-state index in [4.69, 9.17) is 0 Å². The first-order valence-electron chi connectivity index (χ1n) is 6.39. The summed E-state index contributed by atoms with van der Waals surface area (Å²) in [5, 5.41) is 3.58. The van der Waals surface area contributed by atoms with Crippen LogP contribution in [0.1, 0.15) is 6.42 Å². The first-order chi connectivity index (χ1) is 9.24. The number of hydrogen-bond acceptors (Lipinski definition) is 4. The fourth-order valence-electron chi connectivity index (χ4n) is 2.31. The molecule has 0 radical (unpaired) electrons. The van der Waals surface area contributed by atoms with Gasteiger partial charge in [-0.3, -0.25) is 9.78 Å². The molecule has 100 valence electrons. The number of hydrogen-bond donors (Lipinski definition) is 2. The maximum absolute atomic E-state index is 13.1. The Morgan fingerprint density at radius 1 is 1.26 bits per heavy atom. The number of H-pyrrole nitrogens is 1. The lowest BCUT2D eigenvalue weighted by atomic mass is 10.2. The summed E-state index contributed by atoms with van der Waals surface area (Å²) in [5.41, 5.74) is 0.231. The predicted molar refractivity (Wildman–Crippen MR) is 72.0 cm³/mol. The van der Waals surface area contributed by atoms with Gasteiger partial charge in [-0.15, -0.1) is 0 Å². The Morgan fingerprint density at radius 2 is 2.16 bits per heavy atom. The van der Waals surface area contributed by atoms with E-state index in [0.717, 1.165) is 32.6 Å². The lowest BCUT2D eigenvalue weighted by molar-refractivity contribution is 0.629. The molecule has 2 aromatic rings. The number of anilines is 1. The Morgan fingerprint density at radius 3 is 3.05 bits per heavy atom. The third kappa shape index (κ3) is 2.44. The van der Waals surface area contributed by atoms with Gasteiger partial charge in [-0.25, -0.2) is 9.37 Å². The molecule has 1 aliphatic heterocycles. The fourth-order valence-corrected chi connectivity index (χ4v) is 2.31. The summed E-state index contributed by atoms with van der Waals surface area (Å²) in [6.07, 6.45) is 1.01. The molecule has 2 N–H and O–H groups in total. The van der Waals surface area contributed by atoms with Gasteiger partial charge in [0.25, 0.3) is 5.56 Å². The van der Waals surface area contributed by atoms with Crippen molar-refractivity contribution in [2.75, 3.05) is 31.1 Å². The van der Waals surface area contributed by atoms with Crippen LogP contribution < -0.4 is 15.8 Å². The molecule has 1 saturated heterocycles. The zero-order valence-corrected chi connectivity index (χ0v) is 10.4. The fraction of sp³-hybridized carbons (Fsp3) is 0.385. The topological polar surface area (TPSA) is 61.0 Å². The van der Waals surface area contributed by atoms with Crippen LogP contribution in [0, 0.1) is 5.82 Å². The highest BCUT2D eigenvalue weighted by Gasteiger charge is 2.13. The van der Waals surface area contributed by atoms with Crippen molar-refractivity contribution >= 4 is 16.9 Å². The van der Waals surface area contributed by atoms with Crippen molar-refractivity contribution in [1.29, 1.82) is 0 Å². The van der Waals surface area contributed by atoms with Crippen LogP contribution in [0.25, 0.3) is 10.9 Å². The van der Waals surface area contributed by atoms with Gasteiger partial charge in [-0.2, -0.15) is 0 Å². The Bertz CT molecular complexity index is 647. The van der Waals surface area contributed by atoms with Gasteiger partial charge in [0.2, 0.25) is 5.95 Å². The molecule has 0 bridgehead atoms. The SMILES string of the molecule is O=c1[nH]c(N2CCCNCC2)nc2ccc(F)cc12. The van der Waals surface area contributed by atoms with Gasteiger partial charge in [-0.1, -0.05) is 0 Å². The van der Waals surface area contributed by atoms with E-state index in [-0.39, 0.29) is 10.9 Å². The summed E-state index contributed by atoms with van der Waals surface area (Å²) in [5.74, 6) is 0.138. The summed E-state index contributed by atoms with van der Waals surface area (Å²) in [4.78, 5) is 21.2. The lowest BCUT2D eigenvalue weighted by Gasteiger charge is -2.20. The van der Waals surface area contributed by atoms with Gasteiger partial charge < -0.3 is 10.2 Å². The molecule has 1 aromatic heterocycles. The molecule has 19 heavy (non-hydrogen) atoms. The third-order valence-electron chi connectivity index (χ3n) is 3.29. The predicted octanol–water partition coefficient (Wildman–Crippen LogP) is 0.862. The number of nitrogens with one attached hydrogen (secondary N) is 2. The summed E-state index contributed by atoms with van der Waals surface area (Å²) in [6, 6.07) is 4.08. The van der Waals surface area contributed by atoms with Crippen LogP contribution in [0.3, 0.4) is 0 Å². The molecule has 0 aliphatic carbocycles. The van der Waals surface area contributed by atoms with Crippen LogP contribution in [-0.2, 0) is 0 Å². The molecule has 0 saturated carbocycles. The van der Waals surface area contributed by atoms with Crippen LogP contribution in [-0.4, -0.2) is 36.1 Å². The molecule has 5 nitrogen and oxygen atoms in total. The van der Waals surface area contributed by atoms with Crippen molar-refractivity contribution in [2.24, 2.45) is 0 Å². The largest absolute Gasteiger partial charge is 0.341 e. The van der Waals surface area contributed by atoms with Gasteiger partial charge in [0.05, 0.1) is 10.9 Å². The maximum atomic E-state index is 13.1. The molecule has 1 fully saturated rings. The van der Waals surface area contributed by atoms with E-state index in [9.17, 15) is 9.18 Å². The average Bonchev–Trinajstić information content (AvgIpc) is 2.68. The van der Waals surface area contributed by atoms with E-state index < -0.39 is 5.82 Å². The summed E-state index contributed by atoms with van der Waals surface area (Å²) >= 11 is 0. The maximum Gasteiger partial charge on any atom is 0.260 e. The minimum atomic E-state index is -0.425. The summed E-state index contributed by atoms with van der Waals surface area (Å²) < 4.78 is 13.1. The van der Waals surface area contributed by atoms with Gasteiger partial charge in [0, 0.05) is 19.6 Å². The molecule has 6 heteroatoms. The molecule has 0 unspecified atom stereocenters. The average molecular weight is 262 g/mol. The monoisotopic (exact) mass is 262 g/mol. The Kier molecular flexibility index (Phi) is 3.16. The normalized spacial score (nSPS) is 16.6. The Labute approximate surface area is 109 Å². The third-order valence-corrected chi connectivity index (χ3v) is 3.29. The van der Waals surface area contributed by atoms with E-state index in [1.54, 1.807) is 6.07 Å². The van der Waals surface area contributed by atoms with E-state index in [1.165, 1.54) is 12.1 Å². The summed E-state index contributed by atoms with van der Waals surface area (Å²) in [7, 11) is 0. The molecular formula is C13H15FN4O. The van der Waals surface area contributed by atoms with Crippen molar-refractivity contribution in [3.63, 3.8) is 0 Å². The van der Waals surface area contributed by atoms with Crippen LogP contribution >= 0.6 is 0 Å². The number of fused-ring (bicyclic) bond motifs is 1. The van der Waals surface area contributed by atoms with Crippen molar-refractivity contribution in [1.82, 2.24) is 15.3 Å². The minimum Gasteiger partial charge on any atom is -0.341 e. The van der Waals surface area contributed by atoms with Crippen molar-refractivity contribution in [2.45, 2.75) is 6.42 Å². The van der Waals surface area contributed by atoms with E-state index in [1.807, 2.05) is 4.90 Å². The van der Waals surface area contributed by atoms with Gasteiger partial charge in [-0.05, 0) is 31.2 Å². The van der Waals surface area contributed by atoms with Crippen LogP contribution in [0.15, 0.2) is 23.0 Å². The number of aromatic nitrogens is 2. The number of benzene rings is 1. The van der Waals surface area contributed by atoms with Gasteiger partial charge >= 0.3 is 0 Å².